The van der Waals surface area contributed by atoms with E-state index in [1.807, 2.05) is 37.4 Å². The first kappa shape index (κ1) is 21.3. The molecule has 0 fully saturated rings. The first-order valence-corrected chi connectivity index (χ1v) is 9.06. The van der Waals surface area contributed by atoms with Gasteiger partial charge in [0.25, 0.3) is 0 Å². The number of carbonyl (C=O) groups is 1. The van der Waals surface area contributed by atoms with Crippen molar-refractivity contribution in [1.82, 2.24) is 10.2 Å². The predicted molar refractivity (Wildman–Crippen MR) is 109 cm³/mol. The van der Waals surface area contributed by atoms with Gasteiger partial charge in [0, 0.05) is 44.5 Å². The predicted octanol–water partition coefficient (Wildman–Crippen LogP) is 3.68. The number of hydrogen-bond donors (Lipinski definition) is 1. The van der Waals surface area contributed by atoms with E-state index in [9.17, 15) is 9.18 Å². The molecule has 28 heavy (non-hydrogen) atoms. The number of methoxy groups -OCH3 is 2. The first-order chi connectivity index (χ1) is 13.4. The summed E-state index contributed by atoms with van der Waals surface area (Å²) in [5.74, 6) is 0.262. The Morgan fingerprint density at radius 2 is 1.68 bits per heavy atom. The Morgan fingerprint density at radius 1 is 1.07 bits per heavy atom. The molecule has 152 valence electrons. The molecule has 0 aliphatic carbocycles. The second-order valence-electron chi connectivity index (χ2n) is 6.58. The number of ether oxygens (including phenoxy) is 2. The van der Waals surface area contributed by atoms with Crippen LogP contribution in [0.3, 0.4) is 0 Å². The van der Waals surface area contributed by atoms with E-state index in [0.29, 0.717) is 30.2 Å². The van der Waals surface area contributed by atoms with Crippen LogP contribution in [0.1, 0.15) is 18.5 Å². The average Bonchev–Trinajstić information content (AvgIpc) is 2.71. The second kappa shape index (κ2) is 9.82. The number of nitrogens with one attached hydrogen (secondary N) is 1. The topological polar surface area (TPSA) is 54.0 Å². The molecule has 0 saturated carbocycles. The highest BCUT2D eigenvalue weighted by Crippen LogP contribution is 2.32. The molecule has 0 aliphatic rings. The Kier molecular flexibility index (Phi) is 7.49. The summed E-state index contributed by atoms with van der Waals surface area (Å²) in [5.41, 5.74) is 1.41. The molecule has 7 heteroatoms. The number of carbonyl (C=O) groups excluding carboxylic acids is 1. The maximum atomic E-state index is 14.4. The number of likely N-dealkylation sites (N-methyl/N-ethyl adjacent to an activating group) is 2. The summed E-state index contributed by atoms with van der Waals surface area (Å²) in [4.78, 5) is 16.1. The number of anilines is 1. The lowest BCUT2D eigenvalue weighted by Gasteiger charge is -2.25. The van der Waals surface area contributed by atoms with Crippen LogP contribution in [-0.4, -0.2) is 52.3 Å². The lowest BCUT2D eigenvalue weighted by atomic mass is 10.1. The first-order valence-electron chi connectivity index (χ1n) is 9.06. The minimum absolute atomic E-state index is 0.275. The van der Waals surface area contributed by atoms with E-state index in [4.69, 9.17) is 9.47 Å². The van der Waals surface area contributed by atoms with Gasteiger partial charge in [0.05, 0.1) is 20.3 Å². The number of benzene rings is 2. The molecule has 0 unspecified atom stereocenters. The number of rotatable bonds is 8. The van der Waals surface area contributed by atoms with E-state index in [1.54, 1.807) is 24.9 Å². The van der Waals surface area contributed by atoms with Gasteiger partial charge in [-0.25, -0.2) is 9.18 Å². The molecule has 1 N–H and O–H groups in total. The van der Waals surface area contributed by atoms with Crippen LogP contribution in [0.5, 0.6) is 11.5 Å². The molecule has 2 aromatic rings. The third-order valence-electron chi connectivity index (χ3n) is 4.62. The van der Waals surface area contributed by atoms with E-state index in [0.717, 1.165) is 5.69 Å². The van der Waals surface area contributed by atoms with Crippen molar-refractivity contribution in [3.8, 4) is 11.5 Å². The average molecular weight is 389 g/mol. The molecular weight excluding hydrogens is 361 g/mol. The van der Waals surface area contributed by atoms with Gasteiger partial charge in [0.15, 0.2) is 11.5 Å². The normalized spacial score (nSPS) is 11.5. The fourth-order valence-corrected chi connectivity index (χ4v) is 2.79. The standard InChI is InChI=1S/C21H28FN3O3/c1-15(17-13-19(27-4)20(28-5)14-18(17)22)23-21(26)25(3)12-11-24(2)16-9-7-6-8-10-16/h6-10,13-15H,11-12H2,1-5H3,(H,23,26)/t15-/m0/s1. The van der Waals surface area contributed by atoms with Crippen LogP contribution in [0.25, 0.3) is 0 Å². The van der Waals surface area contributed by atoms with Gasteiger partial charge in [-0.2, -0.15) is 0 Å². The van der Waals surface area contributed by atoms with Crippen molar-refractivity contribution in [1.29, 1.82) is 0 Å². The van der Waals surface area contributed by atoms with Crippen LogP contribution in [0, 0.1) is 5.82 Å². The van der Waals surface area contributed by atoms with Gasteiger partial charge in [-0.3, -0.25) is 0 Å². The second-order valence-corrected chi connectivity index (χ2v) is 6.58. The lowest BCUT2D eigenvalue weighted by Crippen LogP contribution is -2.42. The van der Waals surface area contributed by atoms with Gasteiger partial charge in [0.1, 0.15) is 5.82 Å². The summed E-state index contributed by atoms with van der Waals surface area (Å²) in [5, 5.41) is 2.82. The van der Waals surface area contributed by atoms with E-state index < -0.39 is 11.9 Å². The zero-order valence-corrected chi connectivity index (χ0v) is 17.0. The Balaban J connectivity index is 1.96. The summed E-state index contributed by atoms with van der Waals surface area (Å²) in [7, 11) is 6.62. The van der Waals surface area contributed by atoms with E-state index in [2.05, 4.69) is 10.2 Å². The van der Waals surface area contributed by atoms with Crippen molar-refractivity contribution >= 4 is 11.7 Å². The molecule has 0 saturated heterocycles. The minimum Gasteiger partial charge on any atom is -0.493 e. The zero-order chi connectivity index (χ0) is 20.7. The highest BCUT2D eigenvalue weighted by Gasteiger charge is 2.19. The van der Waals surface area contributed by atoms with Crippen LogP contribution in [0.2, 0.25) is 0 Å². The Bertz CT molecular complexity index is 786. The lowest BCUT2D eigenvalue weighted by molar-refractivity contribution is 0.206. The summed E-state index contributed by atoms with van der Waals surface area (Å²) in [6, 6.07) is 11.9. The van der Waals surface area contributed by atoms with Crippen LogP contribution in [0.4, 0.5) is 14.9 Å². The Labute approximate surface area is 165 Å². The molecule has 2 aromatic carbocycles. The van der Waals surface area contributed by atoms with Gasteiger partial charge in [-0.1, -0.05) is 18.2 Å². The summed E-state index contributed by atoms with van der Waals surface area (Å²) >= 11 is 0. The monoisotopic (exact) mass is 389 g/mol. The zero-order valence-electron chi connectivity index (χ0n) is 17.0. The van der Waals surface area contributed by atoms with Crippen LogP contribution in [-0.2, 0) is 0 Å². The fraction of sp³-hybridized carbons (Fsp3) is 0.381. The number of nitrogens with zero attached hydrogens (tertiary/aromatic N) is 2. The molecule has 0 aromatic heterocycles. The van der Waals surface area contributed by atoms with Crippen LogP contribution in [0.15, 0.2) is 42.5 Å². The third-order valence-corrected chi connectivity index (χ3v) is 4.62. The van der Waals surface area contributed by atoms with Crippen molar-refractivity contribution in [2.75, 3.05) is 46.3 Å². The van der Waals surface area contributed by atoms with Gasteiger partial charge < -0.3 is 24.6 Å². The van der Waals surface area contributed by atoms with Crippen LogP contribution < -0.4 is 19.7 Å². The van der Waals surface area contributed by atoms with Gasteiger partial charge >= 0.3 is 6.03 Å². The molecule has 2 rings (SSSR count). The molecule has 0 heterocycles. The molecule has 0 aliphatic heterocycles. The van der Waals surface area contributed by atoms with Gasteiger partial charge in [-0.05, 0) is 25.1 Å². The Morgan fingerprint density at radius 3 is 2.29 bits per heavy atom. The number of halogens is 1. The quantitative estimate of drug-likeness (QED) is 0.748. The third kappa shape index (κ3) is 5.28. The smallest absolute Gasteiger partial charge is 0.317 e. The molecule has 2 amide bonds. The molecule has 0 spiro atoms. The number of para-hydroxylation sites is 1. The molecule has 1 atom stereocenters. The Hall–Kier alpha value is -2.96. The summed E-state index contributed by atoms with van der Waals surface area (Å²) < 4.78 is 24.7. The number of urea groups is 1. The van der Waals surface area contributed by atoms with Crippen molar-refractivity contribution in [2.45, 2.75) is 13.0 Å². The summed E-state index contributed by atoms with van der Waals surface area (Å²) in [6.45, 7) is 2.93. The van der Waals surface area contributed by atoms with E-state index in [1.165, 1.54) is 20.3 Å². The van der Waals surface area contributed by atoms with Crippen molar-refractivity contribution in [3.63, 3.8) is 0 Å². The van der Waals surface area contributed by atoms with Gasteiger partial charge in [0.2, 0.25) is 0 Å². The van der Waals surface area contributed by atoms with E-state index >= 15 is 0 Å². The highest BCUT2D eigenvalue weighted by atomic mass is 19.1. The molecular formula is C21H28FN3O3. The van der Waals surface area contributed by atoms with Crippen molar-refractivity contribution < 1.29 is 18.7 Å². The molecule has 6 nitrogen and oxygen atoms in total. The number of hydrogen-bond acceptors (Lipinski definition) is 4. The van der Waals surface area contributed by atoms with Gasteiger partial charge in [-0.15, -0.1) is 0 Å². The fourth-order valence-electron chi connectivity index (χ4n) is 2.79. The van der Waals surface area contributed by atoms with Crippen LogP contribution >= 0.6 is 0 Å². The minimum atomic E-state index is -0.526. The van der Waals surface area contributed by atoms with Crippen molar-refractivity contribution in [3.05, 3.63) is 53.8 Å². The largest absolute Gasteiger partial charge is 0.493 e. The molecule has 0 bridgehead atoms. The van der Waals surface area contributed by atoms with E-state index in [-0.39, 0.29) is 6.03 Å². The van der Waals surface area contributed by atoms with Crippen molar-refractivity contribution in [2.24, 2.45) is 0 Å². The SMILES string of the molecule is COc1cc(F)c([C@H](C)NC(=O)N(C)CCN(C)c2ccccc2)cc1OC. The maximum Gasteiger partial charge on any atom is 0.317 e. The highest BCUT2D eigenvalue weighted by molar-refractivity contribution is 5.74. The summed E-state index contributed by atoms with van der Waals surface area (Å²) in [6.07, 6.45) is 0. The number of amides is 2. The molecule has 0 radical (unpaired) electrons. The maximum absolute atomic E-state index is 14.4.